The molecular weight excluding hydrogens is 114 g/mol. The first-order valence-electron chi connectivity index (χ1n) is 2.74. The van der Waals surface area contributed by atoms with Crippen LogP contribution < -0.4 is 5.73 Å². The quantitative estimate of drug-likeness (QED) is 0.443. The molecule has 0 spiro atoms. The van der Waals surface area contributed by atoms with Crippen molar-refractivity contribution in [3.63, 3.8) is 0 Å². The van der Waals surface area contributed by atoms with Crippen LogP contribution in [0.25, 0.3) is 0 Å². The summed E-state index contributed by atoms with van der Waals surface area (Å²) in [6, 6.07) is 0. The molecule has 0 heterocycles. The van der Waals surface area contributed by atoms with E-state index in [9.17, 15) is 4.79 Å². The number of amides is 1. The van der Waals surface area contributed by atoms with Crippen molar-refractivity contribution in [2.45, 2.75) is 13.3 Å². The van der Waals surface area contributed by atoms with E-state index in [1.807, 2.05) is 6.92 Å². The Kier molecular flexibility index (Phi) is 3.44. The van der Waals surface area contributed by atoms with Crippen LogP contribution in [0.3, 0.4) is 0 Å². The number of carbonyl (C=O) groups excluding carboxylic acids is 1. The summed E-state index contributed by atoms with van der Waals surface area (Å²) in [6.07, 6.45) is 3.86. The van der Waals surface area contributed by atoms with E-state index in [2.05, 4.69) is 6.58 Å². The van der Waals surface area contributed by atoms with Crippen molar-refractivity contribution in [3.8, 4) is 0 Å². The van der Waals surface area contributed by atoms with Crippen LogP contribution in [0.4, 0.5) is 0 Å². The smallest absolute Gasteiger partial charge is 0.241 e. The molecule has 50 valence electrons. The zero-order valence-corrected chi connectivity index (χ0v) is 5.55. The van der Waals surface area contributed by atoms with Crippen LogP contribution in [0, 0.1) is 0 Å². The largest absolute Gasteiger partial charge is 0.366 e. The molecule has 2 nitrogen and oxygen atoms in total. The fourth-order valence-electron chi connectivity index (χ4n) is 0.529. The summed E-state index contributed by atoms with van der Waals surface area (Å²) < 4.78 is 0. The number of hydrogen-bond donors (Lipinski definition) is 1. The van der Waals surface area contributed by atoms with Gasteiger partial charge in [0.15, 0.2) is 0 Å². The second-order valence-corrected chi connectivity index (χ2v) is 1.89. The van der Waals surface area contributed by atoms with Gasteiger partial charge in [-0.1, -0.05) is 11.6 Å². The van der Waals surface area contributed by atoms with Crippen LogP contribution in [0.5, 0.6) is 0 Å². The third-order valence-electron chi connectivity index (χ3n) is 0.855. The van der Waals surface area contributed by atoms with Crippen LogP contribution in [0.1, 0.15) is 13.3 Å². The number of hydrogen-bond acceptors (Lipinski definition) is 1. The molecule has 0 bridgehead atoms. The molecule has 1 amide bonds. The van der Waals surface area contributed by atoms with Crippen molar-refractivity contribution >= 4 is 5.91 Å². The van der Waals surface area contributed by atoms with E-state index in [1.54, 1.807) is 6.08 Å². The molecule has 0 aromatic carbocycles. The molecule has 0 saturated heterocycles. The fourth-order valence-corrected chi connectivity index (χ4v) is 0.529. The predicted octanol–water partition coefficient (Wildman–Crippen LogP) is 0.994. The number of allylic oxidation sites excluding steroid dienone is 2. The van der Waals surface area contributed by atoms with E-state index in [-0.39, 0.29) is 0 Å². The molecule has 0 aliphatic heterocycles. The van der Waals surface area contributed by atoms with Gasteiger partial charge in [0.1, 0.15) is 0 Å². The molecule has 0 aliphatic rings. The summed E-state index contributed by atoms with van der Waals surface area (Å²) in [5.41, 5.74) is 5.82. The molecule has 2 N–H and O–H groups in total. The fraction of sp³-hybridized carbons (Fsp3) is 0.286. The Bertz CT molecular complexity index is 147. The highest BCUT2D eigenvalue weighted by atomic mass is 16.1. The average Bonchev–Trinajstić information content (AvgIpc) is 1.63. The van der Waals surface area contributed by atoms with Crippen LogP contribution in [0.15, 0.2) is 24.3 Å². The van der Waals surface area contributed by atoms with Gasteiger partial charge in [0, 0.05) is 6.08 Å². The van der Waals surface area contributed by atoms with Crippen molar-refractivity contribution in [1.29, 1.82) is 0 Å². The molecule has 2 heteroatoms. The van der Waals surface area contributed by atoms with Gasteiger partial charge in [-0.3, -0.25) is 4.79 Å². The van der Waals surface area contributed by atoms with E-state index < -0.39 is 5.91 Å². The lowest BCUT2D eigenvalue weighted by Gasteiger charge is -1.89. The van der Waals surface area contributed by atoms with Gasteiger partial charge >= 0.3 is 0 Å². The molecule has 9 heavy (non-hydrogen) atoms. The lowest BCUT2D eigenvalue weighted by Crippen LogP contribution is -2.06. The molecule has 0 aromatic rings. The van der Waals surface area contributed by atoms with Crippen LogP contribution in [-0.2, 0) is 4.79 Å². The first kappa shape index (κ1) is 7.95. The maximum absolute atomic E-state index is 10.2. The molecule has 0 fully saturated rings. The minimum atomic E-state index is -0.394. The Morgan fingerprint density at radius 3 is 2.67 bits per heavy atom. The maximum atomic E-state index is 10.2. The van der Waals surface area contributed by atoms with E-state index in [1.165, 1.54) is 6.08 Å². The third-order valence-corrected chi connectivity index (χ3v) is 0.855. The predicted molar refractivity (Wildman–Crippen MR) is 37.8 cm³/mol. The molecule has 0 aromatic heterocycles. The number of nitrogens with two attached hydrogens (primary N) is 1. The number of carbonyl (C=O) groups is 1. The second-order valence-electron chi connectivity index (χ2n) is 1.89. The summed E-state index contributed by atoms with van der Waals surface area (Å²) in [5.74, 6) is -0.394. The standard InChI is InChI=1S/C7H11NO/c1-3-4-6(2)5-7(8)9/h3,5H,1,4H2,2H3,(H2,8,9). The minimum Gasteiger partial charge on any atom is -0.366 e. The zero-order chi connectivity index (χ0) is 7.28. The normalized spacial score (nSPS) is 11.0. The maximum Gasteiger partial charge on any atom is 0.241 e. The van der Waals surface area contributed by atoms with Crippen molar-refractivity contribution in [3.05, 3.63) is 24.3 Å². The highest BCUT2D eigenvalue weighted by molar-refractivity contribution is 5.86. The molecule has 0 rings (SSSR count). The monoisotopic (exact) mass is 125 g/mol. The Balaban J connectivity index is 3.83. The molecular formula is C7H11NO. The molecule has 0 aliphatic carbocycles. The molecule has 0 unspecified atom stereocenters. The summed E-state index contributed by atoms with van der Waals surface area (Å²) in [7, 11) is 0. The van der Waals surface area contributed by atoms with Gasteiger partial charge in [-0.15, -0.1) is 6.58 Å². The number of rotatable bonds is 3. The van der Waals surface area contributed by atoms with E-state index >= 15 is 0 Å². The van der Waals surface area contributed by atoms with Crippen molar-refractivity contribution in [1.82, 2.24) is 0 Å². The van der Waals surface area contributed by atoms with Gasteiger partial charge < -0.3 is 5.73 Å². The summed E-state index contributed by atoms with van der Waals surface area (Å²) in [5, 5.41) is 0. The van der Waals surface area contributed by atoms with Crippen molar-refractivity contribution in [2.75, 3.05) is 0 Å². The summed E-state index contributed by atoms with van der Waals surface area (Å²) in [4.78, 5) is 10.2. The van der Waals surface area contributed by atoms with Gasteiger partial charge in [0.2, 0.25) is 5.91 Å². The van der Waals surface area contributed by atoms with Gasteiger partial charge in [-0.05, 0) is 13.3 Å². The van der Waals surface area contributed by atoms with Gasteiger partial charge in [-0.25, -0.2) is 0 Å². The first-order valence-corrected chi connectivity index (χ1v) is 2.74. The van der Waals surface area contributed by atoms with E-state index in [4.69, 9.17) is 5.73 Å². The lowest BCUT2D eigenvalue weighted by atomic mass is 10.2. The zero-order valence-electron chi connectivity index (χ0n) is 5.55. The highest BCUT2D eigenvalue weighted by Crippen LogP contribution is 1.97. The second kappa shape index (κ2) is 3.89. The Morgan fingerprint density at radius 1 is 1.78 bits per heavy atom. The SMILES string of the molecule is C=CCC(C)=CC(N)=O. The molecule has 0 radical (unpaired) electrons. The molecule has 0 atom stereocenters. The van der Waals surface area contributed by atoms with Gasteiger partial charge in [0.05, 0.1) is 0 Å². The van der Waals surface area contributed by atoms with Crippen LogP contribution >= 0.6 is 0 Å². The summed E-state index contributed by atoms with van der Waals surface area (Å²) >= 11 is 0. The number of primary amides is 1. The van der Waals surface area contributed by atoms with Crippen LogP contribution in [-0.4, -0.2) is 5.91 Å². The minimum absolute atomic E-state index is 0.394. The highest BCUT2D eigenvalue weighted by Gasteiger charge is 1.87. The Morgan fingerprint density at radius 2 is 2.33 bits per heavy atom. The Labute approximate surface area is 55.1 Å². The van der Waals surface area contributed by atoms with Crippen LogP contribution in [0.2, 0.25) is 0 Å². The van der Waals surface area contributed by atoms with Crippen molar-refractivity contribution < 1.29 is 4.79 Å². The van der Waals surface area contributed by atoms with E-state index in [0.717, 1.165) is 12.0 Å². The summed E-state index contributed by atoms with van der Waals surface area (Å²) in [6.45, 7) is 5.35. The Hall–Kier alpha value is -1.05. The van der Waals surface area contributed by atoms with Crippen molar-refractivity contribution in [2.24, 2.45) is 5.73 Å². The average molecular weight is 125 g/mol. The lowest BCUT2D eigenvalue weighted by molar-refractivity contribution is -0.113. The first-order chi connectivity index (χ1) is 4.16. The topological polar surface area (TPSA) is 43.1 Å². The van der Waals surface area contributed by atoms with Gasteiger partial charge in [-0.2, -0.15) is 0 Å². The third kappa shape index (κ3) is 4.81. The molecule has 0 saturated carbocycles. The van der Waals surface area contributed by atoms with E-state index in [0.29, 0.717) is 0 Å². The van der Waals surface area contributed by atoms with Gasteiger partial charge in [0.25, 0.3) is 0 Å².